The molecule has 138 valence electrons. The molecule has 0 saturated carbocycles. The SMILES string of the molecule is CS(=O)(=O)Nc1ccc(NC(=O)c2ccccc2)cc1Oc1ccccc1. The van der Waals surface area contributed by atoms with Crippen LogP contribution in [0.2, 0.25) is 0 Å². The second kappa shape index (κ2) is 7.92. The van der Waals surface area contributed by atoms with Crippen LogP contribution in [0.4, 0.5) is 11.4 Å². The van der Waals surface area contributed by atoms with Gasteiger partial charge in [-0.2, -0.15) is 0 Å². The standard InChI is InChI=1S/C20H18N2O4S/c1-27(24,25)22-18-13-12-16(21-20(23)15-8-4-2-5-9-15)14-19(18)26-17-10-6-3-7-11-17/h2-14,22H,1H3,(H,21,23). The predicted molar refractivity (Wildman–Crippen MR) is 106 cm³/mol. The minimum atomic E-state index is -3.49. The zero-order valence-corrected chi connectivity index (χ0v) is 15.4. The largest absolute Gasteiger partial charge is 0.455 e. The minimum absolute atomic E-state index is 0.273. The molecule has 1 amide bonds. The maximum Gasteiger partial charge on any atom is 0.255 e. The van der Waals surface area contributed by atoms with Crippen LogP contribution in [0.15, 0.2) is 78.9 Å². The lowest BCUT2D eigenvalue weighted by atomic mass is 10.2. The molecule has 0 aliphatic heterocycles. The van der Waals surface area contributed by atoms with Crippen LogP contribution < -0.4 is 14.8 Å². The fraction of sp³-hybridized carbons (Fsp3) is 0.0500. The fourth-order valence-electron chi connectivity index (χ4n) is 2.38. The van der Waals surface area contributed by atoms with Crippen molar-refractivity contribution in [2.75, 3.05) is 16.3 Å². The van der Waals surface area contributed by atoms with Gasteiger partial charge in [0, 0.05) is 17.3 Å². The van der Waals surface area contributed by atoms with Gasteiger partial charge in [0.05, 0.1) is 11.9 Å². The van der Waals surface area contributed by atoms with Gasteiger partial charge in [-0.05, 0) is 36.4 Å². The molecule has 0 radical (unpaired) electrons. The average molecular weight is 382 g/mol. The van der Waals surface area contributed by atoms with E-state index in [9.17, 15) is 13.2 Å². The number of carbonyl (C=O) groups excluding carboxylic acids is 1. The molecule has 2 N–H and O–H groups in total. The van der Waals surface area contributed by atoms with Crippen molar-refractivity contribution >= 4 is 27.3 Å². The Hall–Kier alpha value is -3.32. The molecule has 0 saturated heterocycles. The molecule has 0 spiro atoms. The highest BCUT2D eigenvalue weighted by Gasteiger charge is 2.13. The third kappa shape index (κ3) is 5.32. The van der Waals surface area contributed by atoms with Crippen molar-refractivity contribution in [2.45, 2.75) is 0 Å². The van der Waals surface area contributed by atoms with Crippen LogP contribution in [0.1, 0.15) is 10.4 Å². The van der Waals surface area contributed by atoms with E-state index in [-0.39, 0.29) is 17.3 Å². The van der Waals surface area contributed by atoms with E-state index in [2.05, 4.69) is 10.0 Å². The Morgan fingerprint density at radius 3 is 2.15 bits per heavy atom. The summed E-state index contributed by atoms with van der Waals surface area (Å²) in [6.45, 7) is 0. The summed E-state index contributed by atoms with van der Waals surface area (Å²) in [5.41, 5.74) is 1.27. The van der Waals surface area contributed by atoms with E-state index in [1.54, 1.807) is 66.7 Å². The summed E-state index contributed by atoms with van der Waals surface area (Å²) in [6, 6.07) is 22.5. The number of sulfonamides is 1. The summed E-state index contributed by atoms with van der Waals surface area (Å²) in [4.78, 5) is 12.3. The smallest absolute Gasteiger partial charge is 0.255 e. The summed E-state index contributed by atoms with van der Waals surface area (Å²) in [5.74, 6) is 0.545. The number of hydrogen-bond donors (Lipinski definition) is 2. The van der Waals surface area contributed by atoms with E-state index >= 15 is 0 Å². The number of hydrogen-bond acceptors (Lipinski definition) is 4. The molecule has 3 aromatic rings. The number of amides is 1. The van der Waals surface area contributed by atoms with Crippen molar-refractivity contribution in [1.82, 2.24) is 0 Å². The van der Waals surface area contributed by atoms with Gasteiger partial charge in [0.25, 0.3) is 5.91 Å². The lowest BCUT2D eigenvalue weighted by Gasteiger charge is -2.14. The second-order valence-electron chi connectivity index (χ2n) is 5.82. The van der Waals surface area contributed by atoms with Crippen LogP contribution in [0, 0.1) is 0 Å². The number of anilines is 2. The van der Waals surface area contributed by atoms with Crippen LogP contribution in [0.25, 0.3) is 0 Å². The number of para-hydroxylation sites is 1. The minimum Gasteiger partial charge on any atom is -0.455 e. The van der Waals surface area contributed by atoms with Crippen molar-refractivity contribution in [3.8, 4) is 11.5 Å². The van der Waals surface area contributed by atoms with Gasteiger partial charge in [0.1, 0.15) is 5.75 Å². The summed E-state index contributed by atoms with van der Waals surface area (Å²) >= 11 is 0. The van der Waals surface area contributed by atoms with Crippen LogP contribution in [0.5, 0.6) is 11.5 Å². The Balaban J connectivity index is 1.90. The van der Waals surface area contributed by atoms with Gasteiger partial charge in [0.15, 0.2) is 5.75 Å². The normalized spacial score (nSPS) is 10.9. The Bertz CT molecular complexity index is 1040. The molecule has 0 heterocycles. The average Bonchev–Trinajstić information content (AvgIpc) is 2.64. The molecule has 3 rings (SSSR count). The molecule has 7 heteroatoms. The zero-order chi connectivity index (χ0) is 19.3. The third-order valence-electron chi connectivity index (χ3n) is 3.54. The van der Waals surface area contributed by atoms with Crippen molar-refractivity contribution in [2.24, 2.45) is 0 Å². The maximum atomic E-state index is 12.3. The summed E-state index contributed by atoms with van der Waals surface area (Å²) in [6.07, 6.45) is 1.06. The number of ether oxygens (including phenoxy) is 1. The molecule has 0 aromatic heterocycles. The number of rotatable bonds is 6. The quantitative estimate of drug-likeness (QED) is 0.672. The first-order valence-electron chi connectivity index (χ1n) is 8.12. The van der Waals surface area contributed by atoms with E-state index in [0.717, 1.165) is 6.26 Å². The van der Waals surface area contributed by atoms with Gasteiger partial charge in [-0.3, -0.25) is 9.52 Å². The first-order chi connectivity index (χ1) is 12.9. The van der Waals surface area contributed by atoms with Crippen molar-refractivity contribution < 1.29 is 17.9 Å². The van der Waals surface area contributed by atoms with Crippen LogP contribution in [-0.4, -0.2) is 20.6 Å². The summed E-state index contributed by atoms with van der Waals surface area (Å²) < 4.78 is 31.5. The molecule has 0 aliphatic rings. The molecule has 6 nitrogen and oxygen atoms in total. The summed E-state index contributed by atoms with van der Waals surface area (Å²) in [7, 11) is -3.49. The highest BCUT2D eigenvalue weighted by Crippen LogP contribution is 2.33. The van der Waals surface area contributed by atoms with E-state index in [1.807, 2.05) is 12.1 Å². The molecule has 0 fully saturated rings. The molecular weight excluding hydrogens is 364 g/mol. The summed E-state index contributed by atoms with van der Waals surface area (Å²) in [5, 5.41) is 2.78. The number of nitrogens with one attached hydrogen (secondary N) is 2. The van der Waals surface area contributed by atoms with Gasteiger partial charge in [-0.15, -0.1) is 0 Å². The van der Waals surface area contributed by atoms with Crippen molar-refractivity contribution in [3.63, 3.8) is 0 Å². The van der Waals surface area contributed by atoms with E-state index < -0.39 is 10.0 Å². The second-order valence-corrected chi connectivity index (χ2v) is 7.57. The third-order valence-corrected chi connectivity index (χ3v) is 4.13. The van der Waals surface area contributed by atoms with Crippen LogP contribution in [0.3, 0.4) is 0 Å². The van der Waals surface area contributed by atoms with E-state index in [4.69, 9.17) is 4.74 Å². The van der Waals surface area contributed by atoms with Crippen LogP contribution in [-0.2, 0) is 10.0 Å². The molecule has 0 bridgehead atoms. The van der Waals surface area contributed by atoms with E-state index in [1.165, 1.54) is 0 Å². The van der Waals surface area contributed by atoms with Crippen molar-refractivity contribution in [3.05, 3.63) is 84.4 Å². The molecule has 3 aromatic carbocycles. The van der Waals surface area contributed by atoms with Gasteiger partial charge in [-0.25, -0.2) is 8.42 Å². The Kier molecular flexibility index (Phi) is 5.42. The first-order valence-corrected chi connectivity index (χ1v) is 10.0. The number of benzene rings is 3. The van der Waals surface area contributed by atoms with Gasteiger partial charge in [0.2, 0.25) is 10.0 Å². The highest BCUT2D eigenvalue weighted by molar-refractivity contribution is 7.92. The Morgan fingerprint density at radius 1 is 0.889 bits per heavy atom. The molecule has 27 heavy (non-hydrogen) atoms. The first kappa shape index (κ1) is 18.5. The Labute approximate surface area is 157 Å². The fourth-order valence-corrected chi connectivity index (χ4v) is 2.94. The lowest BCUT2D eigenvalue weighted by Crippen LogP contribution is -2.13. The predicted octanol–water partition coefficient (Wildman–Crippen LogP) is 4.10. The molecule has 0 atom stereocenters. The molecule has 0 unspecified atom stereocenters. The van der Waals surface area contributed by atoms with E-state index in [0.29, 0.717) is 17.0 Å². The molecular formula is C20H18N2O4S. The topological polar surface area (TPSA) is 84.5 Å². The number of carbonyl (C=O) groups is 1. The van der Waals surface area contributed by atoms with Gasteiger partial charge in [-0.1, -0.05) is 36.4 Å². The van der Waals surface area contributed by atoms with Crippen LogP contribution >= 0.6 is 0 Å². The zero-order valence-electron chi connectivity index (χ0n) is 14.5. The van der Waals surface area contributed by atoms with Gasteiger partial charge < -0.3 is 10.1 Å². The highest BCUT2D eigenvalue weighted by atomic mass is 32.2. The molecule has 0 aliphatic carbocycles. The van der Waals surface area contributed by atoms with Gasteiger partial charge >= 0.3 is 0 Å². The lowest BCUT2D eigenvalue weighted by molar-refractivity contribution is 0.102. The monoisotopic (exact) mass is 382 g/mol. The van der Waals surface area contributed by atoms with Crippen molar-refractivity contribution in [1.29, 1.82) is 0 Å². The Morgan fingerprint density at radius 2 is 1.52 bits per heavy atom. The maximum absolute atomic E-state index is 12.3.